The van der Waals surface area contributed by atoms with E-state index in [0.29, 0.717) is 0 Å². The van der Waals surface area contributed by atoms with E-state index in [2.05, 4.69) is 56.9 Å². The Labute approximate surface area is 164 Å². The summed E-state index contributed by atoms with van der Waals surface area (Å²) in [5.41, 5.74) is 2.81. The summed E-state index contributed by atoms with van der Waals surface area (Å²) in [6, 6.07) is 9.12. The van der Waals surface area contributed by atoms with Gasteiger partial charge in [0.2, 0.25) is 0 Å². The third-order valence-corrected chi connectivity index (χ3v) is 5.67. The molecule has 1 aromatic carbocycles. The zero-order chi connectivity index (χ0) is 19.0. The Morgan fingerprint density at radius 1 is 0.808 bits per heavy atom. The second-order valence-electron chi connectivity index (χ2n) is 8.18. The van der Waals surface area contributed by atoms with Gasteiger partial charge in [-0.1, -0.05) is 97.1 Å². The minimum atomic E-state index is 0.838. The zero-order valence-corrected chi connectivity index (χ0v) is 18.2. The summed E-state index contributed by atoms with van der Waals surface area (Å²) in [4.78, 5) is 2.67. The summed E-state index contributed by atoms with van der Waals surface area (Å²) < 4.78 is 0. The number of unbranched alkanes of at least 4 members (excludes halogenated alkanes) is 8. The molecular weight excluding hydrogens is 314 g/mol. The molecule has 0 aromatic heterocycles. The molecule has 0 spiro atoms. The Bertz CT molecular complexity index is 440. The SMILES string of the molecule is CCCCCCCCCCN(CC(CC)CCCC)c1cccc(C)c1. The molecule has 26 heavy (non-hydrogen) atoms. The summed E-state index contributed by atoms with van der Waals surface area (Å²) >= 11 is 0. The number of rotatable bonds is 16. The summed E-state index contributed by atoms with van der Waals surface area (Å²) in [5.74, 6) is 0.838. The fourth-order valence-corrected chi connectivity index (χ4v) is 3.82. The highest BCUT2D eigenvalue weighted by atomic mass is 15.1. The van der Waals surface area contributed by atoms with Crippen molar-refractivity contribution >= 4 is 5.69 Å². The van der Waals surface area contributed by atoms with Crippen molar-refractivity contribution in [3.8, 4) is 0 Å². The lowest BCUT2D eigenvalue weighted by Crippen LogP contribution is -2.30. The van der Waals surface area contributed by atoms with Crippen molar-refractivity contribution in [3.05, 3.63) is 29.8 Å². The maximum absolute atomic E-state index is 2.67. The van der Waals surface area contributed by atoms with E-state index in [9.17, 15) is 0 Å². The fraction of sp³-hybridized carbons (Fsp3) is 0.760. The molecular formula is C25H45N. The van der Waals surface area contributed by atoms with Crippen LogP contribution in [0.25, 0.3) is 0 Å². The van der Waals surface area contributed by atoms with Crippen LogP contribution in [0, 0.1) is 12.8 Å². The van der Waals surface area contributed by atoms with Crippen molar-refractivity contribution in [2.24, 2.45) is 5.92 Å². The third kappa shape index (κ3) is 10.2. The number of nitrogens with zero attached hydrogens (tertiary/aromatic N) is 1. The molecule has 0 aliphatic heterocycles. The van der Waals surface area contributed by atoms with E-state index in [4.69, 9.17) is 0 Å². The Morgan fingerprint density at radius 3 is 2.08 bits per heavy atom. The Hall–Kier alpha value is -0.980. The average Bonchev–Trinajstić information content (AvgIpc) is 2.65. The molecule has 0 heterocycles. The number of hydrogen-bond acceptors (Lipinski definition) is 1. The van der Waals surface area contributed by atoms with Crippen LogP contribution in [0.1, 0.15) is 103 Å². The number of anilines is 1. The normalized spacial score (nSPS) is 12.3. The van der Waals surface area contributed by atoms with Crippen LogP contribution in [0.15, 0.2) is 24.3 Å². The van der Waals surface area contributed by atoms with E-state index in [1.54, 1.807) is 0 Å². The largest absolute Gasteiger partial charge is 0.371 e. The third-order valence-electron chi connectivity index (χ3n) is 5.67. The van der Waals surface area contributed by atoms with Gasteiger partial charge in [-0.05, 0) is 43.4 Å². The monoisotopic (exact) mass is 359 g/mol. The molecule has 0 aliphatic carbocycles. The van der Waals surface area contributed by atoms with Gasteiger partial charge in [-0.25, -0.2) is 0 Å². The Balaban J connectivity index is 2.47. The molecule has 1 rings (SSSR count). The predicted molar refractivity (Wildman–Crippen MR) is 119 cm³/mol. The van der Waals surface area contributed by atoms with Gasteiger partial charge >= 0.3 is 0 Å². The van der Waals surface area contributed by atoms with Crippen LogP contribution in [0.2, 0.25) is 0 Å². The molecule has 0 N–H and O–H groups in total. The van der Waals surface area contributed by atoms with Crippen LogP contribution in [0.4, 0.5) is 5.69 Å². The highest BCUT2D eigenvalue weighted by molar-refractivity contribution is 5.48. The lowest BCUT2D eigenvalue weighted by Gasteiger charge is -2.29. The summed E-state index contributed by atoms with van der Waals surface area (Å²) in [7, 11) is 0. The molecule has 1 nitrogen and oxygen atoms in total. The van der Waals surface area contributed by atoms with Gasteiger partial charge in [0.25, 0.3) is 0 Å². The summed E-state index contributed by atoms with van der Waals surface area (Å²) in [5, 5.41) is 0. The maximum atomic E-state index is 2.67. The standard InChI is InChI=1S/C25H45N/c1-5-8-10-11-12-13-14-15-20-26(22-24(7-3)18-9-6-2)25-19-16-17-23(4)21-25/h16-17,19,21,24H,5-15,18,20,22H2,1-4H3. The number of benzene rings is 1. The van der Waals surface area contributed by atoms with E-state index < -0.39 is 0 Å². The second-order valence-corrected chi connectivity index (χ2v) is 8.18. The highest BCUT2D eigenvalue weighted by Gasteiger charge is 2.13. The quantitative estimate of drug-likeness (QED) is 0.269. The molecule has 150 valence electrons. The lowest BCUT2D eigenvalue weighted by molar-refractivity contribution is 0.442. The van der Waals surface area contributed by atoms with Crippen molar-refractivity contribution in [1.29, 1.82) is 0 Å². The van der Waals surface area contributed by atoms with Crippen molar-refractivity contribution in [2.45, 2.75) is 105 Å². The Morgan fingerprint density at radius 2 is 1.46 bits per heavy atom. The van der Waals surface area contributed by atoms with Crippen LogP contribution in [-0.2, 0) is 0 Å². The second kappa shape index (κ2) is 15.1. The van der Waals surface area contributed by atoms with E-state index in [1.807, 2.05) is 0 Å². The molecule has 1 heteroatoms. The molecule has 1 aromatic rings. The zero-order valence-electron chi connectivity index (χ0n) is 18.2. The minimum absolute atomic E-state index is 0.838. The van der Waals surface area contributed by atoms with E-state index in [1.165, 1.54) is 101 Å². The van der Waals surface area contributed by atoms with Crippen LogP contribution in [-0.4, -0.2) is 13.1 Å². The van der Waals surface area contributed by atoms with Gasteiger partial charge in [-0.2, -0.15) is 0 Å². The molecule has 0 fully saturated rings. The number of hydrogen-bond donors (Lipinski definition) is 0. The molecule has 0 amide bonds. The van der Waals surface area contributed by atoms with Crippen molar-refractivity contribution in [1.82, 2.24) is 0 Å². The fourth-order valence-electron chi connectivity index (χ4n) is 3.82. The van der Waals surface area contributed by atoms with Gasteiger partial charge in [-0.15, -0.1) is 0 Å². The summed E-state index contributed by atoms with van der Waals surface area (Å²) in [6.45, 7) is 11.6. The molecule has 0 saturated heterocycles. The van der Waals surface area contributed by atoms with Crippen molar-refractivity contribution in [2.75, 3.05) is 18.0 Å². The first kappa shape index (κ1) is 23.1. The predicted octanol–water partition coefficient (Wildman–Crippen LogP) is 8.16. The molecule has 0 bridgehead atoms. The highest BCUT2D eigenvalue weighted by Crippen LogP contribution is 2.22. The lowest BCUT2D eigenvalue weighted by atomic mass is 9.98. The van der Waals surface area contributed by atoms with Crippen LogP contribution in [0.3, 0.4) is 0 Å². The van der Waals surface area contributed by atoms with Gasteiger partial charge in [0, 0.05) is 18.8 Å². The number of aryl methyl sites for hydroxylation is 1. The van der Waals surface area contributed by atoms with Crippen LogP contribution in [0.5, 0.6) is 0 Å². The summed E-state index contributed by atoms with van der Waals surface area (Å²) in [6.07, 6.45) is 16.6. The van der Waals surface area contributed by atoms with Crippen LogP contribution < -0.4 is 4.90 Å². The smallest absolute Gasteiger partial charge is 0.0368 e. The topological polar surface area (TPSA) is 3.24 Å². The molecule has 1 unspecified atom stereocenters. The van der Waals surface area contributed by atoms with E-state index in [0.717, 1.165) is 5.92 Å². The van der Waals surface area contributed by atoms with Gasteiger partial charge in [0.1, 0.15) is 0 Å². The molecule has 0 radical (unpaired) electrons. The van der Waals surface area contributed by atoms with E-state index >= 15 is 0 Å². The van der Waals surface area contributed by atoms with Crippen molar-refractivity contribution in [3.63, 3.8) is 0 Å². The van der Waals surface area contributed by atoms with Crippen LogP contribution >= 0.6 is 0 Å². The Kier molecular flexibility index (Phi) is 13.4. The minimum Gasteiger partial charge on any atom is -0.371 e. The van der Waals surface area contributed by atoms with Gasteiger partial charge in [0.15, 0.2) is 0 Å². The average molecular weight is 360 g/mol. The van der Waals surface area contributed by atoms with Gasteiger partial charge in [0.05, 0.1) is 0 Å². The first-order valence-corrected chi connectivity index (χ1v) is 11.5. The molecule has 0 saturated carbocycles. The van der Waals surface area contributed by atoms with Gasteiger partial charge < -0.3 is 4.90 Å². The maximum Gasteiger partial charge on any atom is 0.0368 e. The van der Waals surface area contributed by atoms with E-state index in [-0.39, 0.29) is 0 Å². The van der Waals surface area contributed by atoms with Crippen molar-refractivity contribution < 1.29 is 0 Å². The molecule has 0 aliphatic rings. The first-order valence-electron chi connectivity index (χ1n) is 11.5. The molecule has 1 atom stereocenters. The first-order chi connectivity index (χ1) is 12.7. The van der Waals surface area contributed by atoms with Gasteiger partial charge in [-0.3, -0.25) is 0 Å².